The predicted octanol–water partition coefficient (Wildman–Crippen LogP) is 2.01. The van der Waals surface area contributed by atoms with Gasteiger partial charge in [0.05, 0.1) is 18.3 Å². The van der Waals surface area contributed by atoms with Gasteiger partial charge in [-0.1, -0.05) is 12.1 Å². The van der Waals surface area contributed by atoms with Gasteiger partial charge in [-0.2, -0.15) is 0 Å². The van der Waals surface area contributed by atoms with Gasteiger partial charge in [0.1, 0.15) is 6.33 Å². The molecule has 6 heteroatoms. The average molecular weight is 327 g/mol. The molecule has 2 heterocycles. The molecule has 1 aromatic heterocycles. The quantitative estimate of drug-likeness (QED) is 0.875. The van der Waals surface area contributed by atoms with Crippen molar-refractivity contribution < 1.29 is 14.6 Å². The van der Waals surface area contributed by atoms with E-state index in [-0.39, 0.29) is 6.10 Å². The first kappa shape index (κ1) is 16.5. The van der Waals surface area contributed by atoms with E-state index in [1.54, 1.807) is 30.7 Å². The number of benzene rings is 1. The van der Waals surface area contributed by atoms with Crippen LogP contribution in [0.1, 0.15) is 28.0 Å². The molecule has 0 amide bonds. The van der Waals surface area contributed by atoms with E-state index in [9.17, 15) is 4.79 Å². The van der Waals surface area contributed by atoms with Gasteiger partial charge in [0.25, 0.3) is 0 Å². The molecule has 0 radical (unpaired) electrons. The molecule has 24 heavy (non-hydrogen) atoms. The van der Waals surface area contributed by atoms with E-state index in [1.165, 1.54) is 0 Å². The first-order valence-electron chi connectivity index (χ1n) is 8.12. The molecule has 126 valence electrons. The molecular weight excluding hydrogens is 306 g/mol. The molecule has 1 aromatic carbocycles. The summed E-state index contributed by atoms with van der Waals surface area (Å²) in [6, 6.07) is 9.06. The Balaban J connectivity index is 1.53. The molecular formula is C18H21N3O3. The van der Waals surface area contributed by atoms with Gasteiger partial charge in [-0.15, -0.1) is 0 Å². The Bertz CT molecular complexity index is 678. The largest absolute Gasteiger partial charge is 0.478 e. The van der Waals surface area contributed by atoms with Gasteiger partial charge < -0.3 is 9.84 Å². The lowest BCUT2D eigenvalue weighted by molar-refractivity contribution is -0.0346. The van der Waals surface area contributed by atoms with Gasteiger partial charge in [0.2, 0.25) is 0 Å². The topological polar surface area (TPSA) is 75.5 Å². The van der Waals surface area contributed by atoms with E-state index in [4.69, 9.17) is 9.84 Å². The normalized spacial score (nSPS) is 18.4. The third-order valence-electron chi connectivity index (χ3n) is 4.17. The highest BCUT2D eigenvalue weighted by Crippen LogP contribution is 2.15. The standard InChI is InChI=1S/C18H21N3O3/c22-18(23)15-3-1-2-14(10-15)11-21-8-9-24-17(12-21)5-4-16-6-7-19-13-20-16/h1-3,6-7,10,13,17H,4-5,8-9,11-12H2,(H,22,23)/t17-/m1/s1. The zero-order valence-corrected chi connectivity index (χ0v) is 13.5. The number of carboxylic acids is 1. The summed E-state index contributed by atoms with van der Waals surface area (Å²) in [5, 5.41) is 9.09. The first-order valence-corrected chi connectivity index (χ1v) is 8.12. The molecule has 0 unspecified atom stereocenters. The summed E-state index contributed by atoms with van der Waals surface area (Å²) in [6.45, 7) is 3.16. The van der Waals surface area contributed by atoms with Crippen molar-refractivity contribution in [3.8, 4) is 0 Å². The highest BCUT2D eigenvalue weighted by atomic mass is 16.5. The van der Waals surface area contributed by atoms with Gasteiger partial charge >= 0.3 is 5.97 Å². The lowest BCUT2D eigenvalue weighted by atomic mass is 10.1. The fraction of sp³-hybridized carbons (Fsp3) is 0.389. The summed E-state index contributed by atoms with van der Waals surface area (Å²) < 4.78 is 5.85. The van der Waals surface area contributed by atoms with Gasteiger partial charge in [-0.25, -0.2) is 14.8 Å². The molecule has 0 aliphatic carbocycles. The van der Waals surface area contributed by atoms with Gasteiger partial charge in [-0.3, -0.25) is 4.90 Å². The van der Waals surface area contributed by atoms with Crippen molar-refractivity contribution in [3.05, 3.63) is 59.7 Å². The van der Waals surface area contributed by atoms with E-state index in [2.05, 4.69) is 14.9 Å². The second-order valence-corrected chi connectivity index (χ2v) is 5.97. The van der Waals surface area contributed by atoms with Gasteiger partial charge in [0.15, 0.2) is 0 Å². The van der Waals surface area contributed by atoms with Crippen molar-refractivity contribution >= 4 is 5.97 Å². The Morgan fingerprint density at radius 3 is 3.08 bits per heavy atom. The van der Waals surface area contributed by atoms with Crippen molar-refractivity contribution in [1.29, 1.82) is 0 Å². The number of hydrogen-bond donors (Lipinski definition) is 1. The molecule has 1 fully saturated rings. The predicted molar refractivity (Wildman–Crippen MR) is 88.8 cm³/mol. The molecule has 1 atom stereocenters. The summed E-state index contributed by atoms with van der Waals surface area (Å²) >= 11 is 0. The summed E-state index contributed by atoms with van der Waals surface area (Å²) in [6.07, 6.45) is 5.29. The molecule has 1 saturated heterocycles. The maximum absolute atomic E-state index is 11.1. The van der Waals surface area contributed by atoms with Crippen LogP contribution in [0.3, 0.4) is 0 Å². The molecule has 6 nitrogen and oxygen atoms in total. The minimum Gasteiger partial charge on any atom is -0.478 e. The monoisotopic (exact) mass is 327 g/mol. The molecule has 1 N–H and O–H groups in total. The molecule has 2 aromatic rings. The van der Waals surface area contributed by atoms with Crippen molar-refractivity contribution in [3.63, 3.8) is 0 Å². The van der Waals surface area contributed by atoms with Crippen LogP contribution < -0.4 is 0 Å². The van der Waals surface area contributed by atoms with Crippen molar-refractivity contribution in [1.82, 2.24) is 14.9 Å². The van der Waals surface area contributed by atoms with Crippen LogP contribution in [0.15, 0.2) is 42.9 Å². The maximum atomic E-state index is 11.1. The molecule has 0 bridgehead atoms. The minimum atomic E-state index is -0.887. The third-order valence-corrected chi connectivity index (χ3v) is 4.17. The van der Waals surface area contributed by atoms with Crippen LogP contribution >= 0.6 is 0 Å². The maximum Gasteiger partial charge on any atom is 0.335 e. The smallest absolute Gasteiger partial charge is 0.335 e. The SMILES string of the molecule is O=C(O)c1cccc(CN2CCO[C@H](CCc3ccncn3)C2)c1. The minimum absolute atomic E-state index is 0.177. The van der Waals surface area contributed by atoms with Gasteiger partial charge in [-0.05, 0) is 36.6 Å². The molecule has 0 saturated carbocycles. The van der Waals surface area contributed by atoms with Crippen LogP contribution in [0.25, 0.3) is 0 Å². The van der Waals surface area contributed by atoms with E-state index < -0.39 is 5.97 Å². The number of hydrogen-bond acceptors (Lipinski definition) is 5. The van der Waals surface area contributed by atoms with Crippen LogP contribution in [0, 0.1) is 0 Å². The van der Waals surface area contributed by atoms with Crippen LogP contribution in [0.4, 0.5) is 0 Å². The number of aromatic carboxylic acids is 1. The Morgan fingerprint density at radius 2 is 2.29 bits per heavy atom. The second kappa shape index (κ2) is 7.99. The molecule has 0 spiro atoms. The fourth-order valence-electron chi connectivity index (χ4n) is 2.93. The average Bonchev–Trinajstić information content (AvgIpc) is 2.61. The third kappa shape index (κ3) is 4.59. The highest BCUT2D eigenvalue weighted by Gasteiger charge is 2.20. The Morgan fingerprint density at radius 1 is 1.38 bits per heavy atom. The van der Waals surface area contributed by atoms with E-state index in [1.807, 2.05) is 12.1 Å². The Kier molecular flexibility index (Phi) is 5.51. The van der Waals surface area contributed by atoms with Gasteiger partial charge in [0, 0.05) is 31.5 Å². The molecule has 1 aliphatic heterocycles. The number of aryl methyl sites for hydroxylation is 1. The van der Waals surface area contributed by atoms with Crippen molar-refractivity contribution in [2.75, 3.05) is 19.7 Å². The zero-order valence-electron chi connectivity index (χ0n) is 13.5. The number of aromatic nitrogens is 2. The summed E-state index contributed by atoms with van der Waals surface area (Å²) in [5.41, 5.74) is 2.38. The van der Waals surface area contributed by atoms with E-state index >= 15 is 0 Å². The Labute approximate surface area is 141 Å². The number of rotatable bonds is 6. The van der Waals surface area contributed by atoms with Crippen LogP contribution in [0.5, 0.6) is 0 Å². The fourth-order valence-corrected chi connectivity index (χ4v) is 2.93. The van der Waals surface area contributed by atoms with Crippen molar-refractivity contribution in [2.45, 2.75) is 25.5 Å². The summed E-state index contributed by atoms with van der Waals surface area (Å²) in [4.78, 5) is 21.6. The summed E-state index contributed by atoms with van der Waals surface area (Å²) in [5.74, 6) is -0.887. The first-order chi connectivity index (χ1) is 11.7. The number of morpholine rings is 1. The number of nitrogens with zero attached hydrogens (tertiary/aromatic N) is 3. The Hall–Kier alpha value is -2.31. The molecule has 3 rings (SSSR count). The van der Waals surface area contributed by atoms with Crippen molar-refractivity contribution in [2.24, 2.45) is 0 Å². The zero-order chi connectivity index (χ0) is 16.8. The van der Waals surface area contributed by atoms with E-state index in [0.29, 0.717) is 12.2 Å². The van der Waals surface area contributed by atoms with E-state index in [0.717, 1.165) is 43.7 Å². The number of carboxylic acid groups (broad SMARTS) is 1. The number of ether oxygens (including phenoxy) is 1. The molecule has 1 aliphatic rings. The summed E-state index contributed by atoms with van der Waals surface area (Å²) in [7, 11) is 0. The second-order valence-electron chi connectivity index (χ2n) is 5.97. The van der Waals surface area contributed by atoms with Crippen LogP contribution in [0.2, 0.25) is 0 Å². The lowest BCUT2D eigenvalue weighted by Gasteiger charge is -2.33. The number of carbonyl (C=O) groups is 1. The van der Waals surface area contributed by atoms with Crippen LogP contribution in [-0.2, 0) is 17.7 Å². The lowest BCUT2D eigenvalue weighted by Crippen LogP contribution is -2.42. The highest BCUT2D eigenvalue weighted by molar-refractivity contribution is 5.87. The van der Waals surface area contributed by atoms with Crippen LogP contribution in [-0.4, -0.2) is 51.7 Å².